The molecule has 1 saturated carbocycles. The van der Waals surface area contributed by atoms with Gasteiger partial charge in [-0.1, -0.05) is 26.7 Å². The van der Waals surface area contributed by atoms with E-state index in [4.69, 9.17) is 4.42 Å². The van der Waals surface area contributed by atoms with E-state index in [2.05, 4.69) is 37.2 Å². The minimum atomic E-state index is 0.450. The first kappa shape index (κ1) is 16.6. The minimum absolute atomic E-state index is 0.450. The molecule has 1 aliphatic rings. The van der Waals surface area contributed by atoms with Crippen molar-refractivity contribution >= 4 is 0 Å². The molecule has 1 N–H and O–H groups in total. The molecule has 3 heteroatoms. The maximum Gasteiger partial charge on any atom is 0.0947 e. The molecular formula is C18H32N2O. The summed E-state index contributed by atoms with van der Waals surface area (Å²) < 4.78 is 5.19. The van der Waals surface area contributed by atoms with Crippen molar-refractivity contribution in [1.29, 1.82) is 0 Å². The summed E-state index contributed by atoms with van der Waals surface area (Å²) in [5.74, 6) is 0.865. The van der Waals surface area contributed by atoms with E-state index in [9.17, 15) is 0 Å². The first-order valence-electron chi connectivity index (χ1n) is 8.54. The quantitative estimate of drug-likeness (QED) is 0.736. The van der Waals surface area contributed by atoms with Gasteiger partial charge in [-0.25, -0.2) is 0 Å². The Balaban J connectivity index is 1.93. The van der Waals surface area contributed by atoms with Gasteiger partial charge in [-0.2, -0.15) is 0 Å². The molecule has 3 nitrogen and oxygen atoms in total. The van der Waals surface area contributed by atoms with Crippen molar-refractivity contribution < 1.29 is 4.42 Å². The van der Waals surface area contributed by atoms with Crippen molar-refractivity contribution in [3.63, 3.8) is 0 Å². The first-order chi connectivity index (χ1) is 10.1. The minimum Gasteiger partial charge on any atom is -0.472 e. The van der Waals surface area contributed by atoms with Crippen LogP contribution >= 0.6 is 0 Å². The summed E-state index contributed by atoms with van der Waals surface area (Å²) in [7, 11) is 2.24. The molecule has 0 spiro atoms. The van der Waals surface area contributed by atoms with Crippen molar-refractivity contribution in [1.82, 2.24) is 10.2 Å². The molecule has 0 aromatic carbocycles. The summed E-state index contributed by atoms with van der Waals surface area (Å²) in [5, 5.41) is 3.69. The molecule has 21 heavy (non-hydrogen) atoms. The Morgan fingerprint density at radius 2 is 2.33 bits per heavy atom. The third kappa shape index (κ3) is 5.15. The molecule has 120 valence electrons. The number of nitrogens with one attached hydrogen (secondary N) is 1. The lowest BCUT2D eigenvalue weighted by Crippen LogP contribution is -2.45. The second-order valence-corrected chi connectivity index (χ2v) is 7.18. The fourth-order valence-electron chi connectivity index (χ4n) is 3.98. The van der Waals surface area contributed by atoms with E-state index in [1.807, 2.05) is 6.26 Å². The Hall–Kier alpha value is -0.800. The van der Waals surface area contributed by atoms with E-state index >= 15 is 0 Å². The van der Waals surface area contributed by atoms with Crippen LogP contribution in [0.1, 0.15) is 51.5 Å². The summed E-state index contributed by atoms with van der Waals surface area (Å²) >= 11 is 0. The molecule has 1 heterocycles. The van der Waals surface area contributed by atoms with Crippen molar-refractivity contribution in [2.45, 2.75) is 52.5 Å². The molecule has 1 aromatic heterocycles. The Morgan fingerprint density at radius 3 is 3.00 bits per heavy atom. The van der Waals surface area contributed by atoms with Crippen molar-refractivity contribution in [2.75, 3.05) is 26.7 Å². The van der Waals surface area contributed by atoms with E-state index in [0.29, 0.717) is 5.41 Å². The standard InChI is InChI=1S/C18H32N2O/c1-4-9-19-14-18(8-5-6-16(2)11-18)15-20(3)12-17-7-10-21-13-17/h7,10,13,16,19H,4-6,8-9,11-12,14-15H2,1-3H3. The molecule has 2 unspecified atom stereocenters. The smallest absolute Gasteiger partial charge is 0.0947 e. The predicted octanol–water partition coefficient (Wildman–Crippen LogP) is 3.91. The van der Waals surface area contributed by atoms with Crippen LogP contribution in [0.25, 0.3) is 0 Å². The molecule has 1 aliphatic carbocycles. The number of hydrogen-bond donors (Lipinski definition) is 1. The number of furan rings is 1. The van der Waals surface area contributed by atoms with Crippen molar-refractivity contribution in [3.8, 4) is 0 Å². The fraction of sp³-hybridized carbons (Fsp3) is 0.778. The third-order valence-electron chi connectivity index (χ3n) is 4.75. The van der Waals surface area contributed by atoms with E-state index < -0.39 is 0 Å². The molecule has 1 fully saturated rings. The summed E-state index contributed by atoms with van der Waals surface area (Å²) in [6, 6.07) is 2.07. The van der Waals surface area contributed by atoms with Crippen LogP contribution in [0.15, 0.2) is 23.0 Å². The van der Waals surface area contributed by atoms with Gasteiger partial charge in [-0.05, 0) is 50.3 Å². The maximum absolute atomic E-state index is 5.19. The normalized spacial score (nSPS) is 26.4. The second kappa shape index (κ2) is 8.00. The van der Waals surface area contributed by atoms with Gasteiger partial charge in [0, 0.05) is 25.2 Å². The Kier molecular flexibility index (Phi) is 6.31. The highest BCUT2D eigenvalue weighted by Crippen LogP contribution is 2.39. The van der Waals surface area contributed by atoms with Gasteiger partial charge in [0.1, 0.15) is 0 Å². The average molecular weight is 292 g/mol. The summed E-state index contributed by atoms with van der Waals surface area (Å²) in [5.41, 5.74) is 1.73. The molecular weight excluding hydrogens is 260 g/mol. The molecule has 2 rings (SSSR count). The van der Waals surface area contributed by atoms with Crippen molar-refractivity contribution in [3.05, 3.63) is 24.2 Å². The van der Waals surface area contributed by atoms with Gasteiger partial charge >= 0.3 is 0 Å². The zero-order valence-corrected chi connectivity index (χ0v) is 14.0. The van der Waals surface area contributed by atoms with Gasteiger partial charge in [-0.3, -0.25) is 0 Å². The number of rotatable bonds is 8. The summed E-state index contributed by atoms with van der Waals surface area (Å²) in [6.07, 6.45) is 10.4. The summed E-state index contributed by atoms with van der Waals surface area (Å²) in [6.45, 7) is 9.14. The largest absolute Gasteiger partial charge is 0.472 e. The third-order valence-corrected chi connectivity index (χ3v) is 4.75. The molecule has 1 aromatic rings. The highest BCUT2D eigenvalue weighted by atomic mass is 16.3. The SMILES string of the molecule is CCCNCC1(CN(C)Cc2ccoc2)CCCC(C)C1. The lowest BCUT2D eigenvalue weighted by atomic mass is 9.69. The van der Waals surface area contributed by atoms with Crippen LogP contribution in [0.3, 0.4) is 0 Å². The van der Waals surface area contributed by atoms with Gasteiger partial charge in [0.15, 0.2) is 0 Å². The van der Waals surface area contributed by atoms with E-state index in [1.165, 1.54) is 50.8 Å². The number of hydrogen-bond acceptors (Lipinski definition) is 3. The molecule has 0 amide bonds. The van der Waals surface area contributed by atoms with Crippen LogP contribution in [0.2, 0.25) is 0 Å². The second-order valence-electron chi connectivity index (χ2n) is 7.18. The maximum atomic E-state index is 5.19. The van der Waals surface area contributed by atoms with E-state index in [-0.39, 0.29) is 0 Å². The van der Waals surface area contributed by atoms with Crippen molar-refractivity contribution in [2.24, 2.45) is 11.3 Å². The van der Waals surface area contributed by atoms with Crippen LogP contribution in [0.5, 0.6) is 0 Å². The van der Waals surface area contributed by atoms with Crippen LogP contribution in [0.4, 0.5) is 0 Å². The zero-order valence-electron chi connectivity index (χ0n) is 14.0. The Labute approximate surface area is 130 Å². The zero-order chi connectivity index (χ0) is 15.1. The Morgan fingerprint density at radius 1 is 1.48 bits per heavy atom. The van der Waals surface area contributed by atoms with Gasteiger partial charge in [0.25, 0.3) is 0 Å². The van der Waals surface area contributed by atoms with Gasteiger partial charge in [0.2, 0.25) is 0 Å². The highest BCUT2D eigenvalue weighted by molar-refractivity contribution is 5.05. The lowest BCUT2D eigenvalue weighted by molar-refractivity contribution is 0.0890. The lowest BCUT2D eigenvalue weighted by Gasteiger charge is -2.43. The molecule has 0 radical (unpaired) electrons. The van der Waals surface area contributed by atoms with Crippen LogP contribution < -0.4 is 5.32 Å². The van der Waals surface area contributed by atoms with Gasteiger partial charge in [0.05, 0.1) is 12.5 Å². The predicted molar refractivity (Wildman–Crippen MR) is 88.3 cm³/mol. The summed E-state index contributed by atoms with van der Waals surface area (Å²) in [4.78, 5) is 2.47. The first-order valence-corrected chi connectivity index (χ1v) is 8.54. The monoisotopic (exact) mass is 292 g/mol. The van der Waals surface area contributed by atoms with Gasteiger partial charge in [-0.15, -0.1) is 0 Å². The van der Waals surface area contributed by atoms with E-state index in [0.717, 1.165) is 19.0 Å². The van der Waals surface area contributed by atoms with Crippen LogP contribution in [0, 0.1) is 11.3 Å². The average Bonchev–Trinajstić information content (AvgIpc) is 2.91. The molecule has 0 aliphatic heterocycles. The number of nitrogens with zero attached hydrogens (tertiary/aromatic N) is 1. The fourth-order valence-corrected chi connectivity index (χ4v) is 3.98. The van der Waals surface area contributed by atoms with Crippen LogP contribution in [-0.2, 0) is 6.54 Å². The Bertz CT molecular complexity index is 390. The topological polar surface area (TPSA) is 28.4 Å². The molecule has 0 bridgehead atoms. The molecule has 0 saturated heterocycles. The van der Waals surface area contributed by atoms with Gasteiger partial charge < -0.3 is 14.6 Å². The highest BCUT2D eigenvalue weighted by Gasteiger charge is 2.35. The van der Waals surface area contributed by atoms with Crippen LogP contribution in [-0.4, -0.2) is 31.6 Å². The molecule has 2 atom stereocenters. The van der Waals surface area contributed by atoms with E-state index in [1.54, 1.807) is 6.26 Å².